The van der Waals surface area contributed by atoms with E-state index in [0.29, 0.717) is 11.5 Å². The third-order valence-electron chi connectivity index (χ3n) is 3.32. The first-order chi connectivity index (χ1) is 10.7. The maximum Gasteiger partial charge on any atom is 0.258 e. The van der Waals surface area contributed by atoms with Gasteiger partial charge in [-0.1, -0.05) is 17.7 Å². The molecule has 0 aliphatic rings. The summed E-state index contributed by atoms with van der Waals surface area (Å²) in [6.07, 6.45) is 3.07. The van der Waals surface area contributed by atoms with Gasteiger partial charge in [0.25, 0.3) is 5.91 Å². The van der Waals surface area contributed by atoms with Gasteiger partial charge in [-0.15, -0.1) is 0 Å². The molecule has 0 aliphatic carbocycles. The first-order valence-electron chi connectivity index (χ1n) is 7.65. The lowest BCUT2D eigenvalue weighted by Crippen LogP contribution is -2.27. The Hall–Kier alpha value is -2.43. The van der Waals surface area contributed by atoms with E-state index in [1.165, 1.54) is 18.0 Å². The van der Waals surface area contributed by atoms with E-state index in [-0.39, 0.29) is 11.4 Å². The molecule has 0 saturated heterocycles. The smallest absolute Gasteiger partial charge is 0.258 e. The van der Waals surface area contributed by atoms with Gasteiger partial charge >= 0.3 is 0 Å². The van der Waals surface area contributed by atoms with Crippen molar-refractivity contribution in [1.29, 1.82) is 0 Å². The van der Waals surface area contributed by atoms with Crippen LogP contribution in [0.3, 0.4) is 0 Å². The molecular weight excluding hydrogens is 288 g/mol. The molecule has 23 heavy (non-hydrogen) atoms. The second-order valence-corrected chi connectivity index (χ2v) is 6.90. The van der Waals surface area contributed by atoms with Crippen LogP contribution >= 0.6 is 0 Å². The van der Waals surface area contributed by atoms with E-state index in [1.54, 1.807) is 0 Å². The van der Waals surface area contributed by atoms with Gasteiger partial charge in [0.2, 0.25) is 5.95 Å². The van der Waals surface area contributed by atoms with E-state index in [0.717, 1.165) is 16.8 Å². The van der Waals surface area contributed by atoms with Crippen molar-refractivity contribution in [2.24, 2.45) is 0 Å². The van der Waals surface area contributed by atoms with E-state index in [4.69, 9.17) is 0 Å². The summed E-state index contributed by atoms with van der Waals surface area (Å²) in [5.41, 5.74) is 4.42. The van der Waals surface area contributed by atoms with E-state index in [2.05, 4.69) is 32.7 Å². The van der Waals surface area contributed by atoms with Crippen molar-refractivity contribution in [3.63, 3.8) is 0 Å². The van der Waals surface area contributed by atoms with Crippen LogP contribution in [0.15, 0.2) is 24.5 Å². The molecule has 0 bridgehead atoms. The lowest BCUT2D eigenvalue weighted by molar-refractivity contribution is 0.102. The molecule has 2 N–H and O–H groups in total. The quantitative estimate of drug-likeness (QED) is 0.903. The Balaban J connectivity index is 2.16. The number of nitrogens with zero attached hydrogens (tertiary/aromatic N) is 2. The summed E-state index contributed by atoms with van der Waals surface area (Å²) in [6, 6.07) is 4.10. The highest BCUT2D eigenvalue weighted by Crippen LogP contribution is 2.22. The van der Waals surface area contributed by atoms with Crippen LogP contribution in [-0.4, -0.2) is 21.4 Å². The zero-order chi connectivity index (χ0) is 17.2. The Kier molecular flexibility index (Phi) is 4.68. The molecule has 0 fully saturated rings. The number of anilines is 2. The summed E-state index contributed by atoms with van der Waals surface area (Å²) >= 11 is 0. The number of carbonyl (C=O) groups is 1. The minimum atomic E-state index is -0.206. The van der Waals surface area contributed by atoms with E-state index in [1.807, 2.05) is 41.5 Å². The number of rotatable bonds is 3. The molecule has 0 aliphatic heterocycles. The standard InChI is InChI=1S/C18H24N4O/c1-11-7-12(2)15(13(3)8-11)21-16(23)14-9-19-17(20-10-14)22-18(4,5)6/h7-10H,1-6H3,(H,21,23)(H,19,20,22). The molecule has 122 valence electrons. The van der Waals surface area contributed by atoms with Crippen LogP contribution in [0.5, 0.6) is 0 Å². The van der Waals surface area contributed by atoms with Crippen molar-refractivity contribution >= 4 is 17.5 Å². The van der Waals surface area contributed by atoms with Crippen LogP contribution in [0, 0.1) is 20.8 Å². The summed E-state index contributed by atoms with van der Waals surface area (Å²) in [5.74, 6) is 0.305. The van der Waals surface area contributed by atoms with Gasteiger partial charge in [-0.3, -0.25) is 4.79 Å². The fourth-order valence-electron chi connectivity index (χ4n) is 2.41. The molecule has 0 radical (unpaired) electrons. The Bertz CT molecular complexity index is 692. The van der Waals surface area contributed by atoms with Crippen molar-refractivity contribution in [3.8, 4) is 0 Å². The monoisotopic (exact) mass is 312 g/mol. The molecule has 1 amide bonds. The number of hydrogen-bond donors (Lipinski definition) is 2. The molecule has 2 rings (SSSR count). The topological polar surface area (TPSA) is 66.9 Å². The lowest BCUT2D eigenvalue weighted by atomic mass is 10.0. The van der Waals surface area contributed by atoms with Gasteiger partial charge < -0.3 is 10.6 Å². The van der Waals surface area contributed by atoms with Crippen LogP contribution in [0.1, 0.15) is 47.8 Å². The number of benzene rings is 1. The Morgan fingerprint density at radius 1 is 1.00 bits per heavy atom. The summed E-state index contributed by atoms with van der Waals surface area (Å²) in [4.78, 5) is 20.8. The van der Waals surface area contributed by atoms with Gasteiger partial charge in [0.15, 0.2) is 0 Å². The molecule has 0 atom stereocenters. The van der Waals surface area contributed by atoms with Crippen molar-refractivity contribution in [2.45, 2.75) is 47.1 Å². The molecule has 0 saturated carbocycles. The normalized spacial score (nSPS) is 11.2. The van der Waals surface area contributed by atoms with Gasteiger partial charge in [0.05, 0.1) is 5.56 Å². The number of hydrogen-bond acceptors (Lipinski definition) is 4. The minimum absolute atomic E-state index is 0.125. The molecular formula is C18H24N4O. The second kappa shape index (κ2) is 6.36. The van der Waals surface area contributed by atoms with E-state index >= 15 is 0 Å². The third kappa shape index (κ3) is 4.52. The van der Waals surface area contributed by atoms with Crippen LogP contribution in [0.25, 0.3) is 0 Å². The molecule has 5 heteroatoms. The second-order valence-electron chi connectivity index (χ2n) is 6.90. The molecule has 0 spiro atoms. The van der Waals surface area contributed by atoms with Crippen molar-refractivity contribution in [1.82, 2.24) is 9.97 Å². The van der Waals surface area contributed by atoms with Crippen LogP contribution in [0.4, 0.5) is 11.6 Å². The molecule has 5 nitrogen and oxygen atoms in total. The van der Waals surface area contributed by atoms with Crippen molar-refractivity contribution in [3.05, 3.63) is 46.8 Å². The SMILES string of the molecule is Cc1cc(C)c(NC(=O)c2cnc(NC(C)(C)C)nc2)c(C)c1. The first kappa shape index (κ1) is 16.9. The van der Waals surface area contributed by atoms with Gasteiger partial charge in [0, 0.05) is 23.6 Å². The first-order valence-corrected chi connectivity index (χ1v) is 7.65. The molecule has 1 aromatic carbocycles. The van der Waals surface area contributed by atoms with Crippen molar-refractivity contribution in [2.75, 3.05) is 10.6 Å². The van der Waals surface area contributed by atoms with Crippen LogP contribution in [0.2, 0.25) is 0 Å². The molecule has 0 unspecified atom stereocenters. The Labute approximate surface area is 137 Å². The third-order valence-corrected chi connectivity index (χ3v) is 3.32. The molecule has 2 aromatic rings. The molecule has 1 aromatic heterocycles. The highest BCUT2D eigenvalue weighted by Gasteiger charge is 2.14. The largest absolute Gasteiger partial charge is 0.350 e. The Morgan fingerprint density at radius 3 is 2.00 bits per heavy atom. The van der Waals surface area contributed by atoms with Gasteiger partial charge in [-0.25, -0.2) is 9.97 Å². The summed E-state index contributed by atoms with van der Waals surface area (Å²) in [5, 5.41) is 6.12. The maximum atomic E-state index is 12.4. The van der Waals surface area contributed by atoms with Crippen molar-refractivity contribution < 1.29 is 4.79 Å². The lowest BCUT2D eigenvalue weighted by Gasteiger charge is -2.20. The predicted octanol–water partition coefficient (Wildman–Crippen LogP) is 3.86. The molecule has 1 heterocycles. The zero-order valence-corrected chi connectivity index (χ0v) is 14.6. The summed E-state index contributed by atoms with van der Waals surface area (Å²) in [6.45, 7) is 12.1. The summed E-state index contributed by atoms with van der Waals surface area (Å²) in [7, 11) is 0. The number of carbonyl (C=O) groups excluding carboxylic acids is 1. The van der Waals surface area contributed by atoms with E-state index in [9.17, 15) is 4.79 Å². The highest BCUT2D eigenvalue weighted by molar-refractivity contribution is 6.04. The average molecular weight is 312 g/mol. The average Bonchev–Trinajstić information content (AvgIpc) is 2.41. The van der Waals surface area contributed by atoms with Crippen LogP contribution in [-0.2, 0) is 0 Å². The van der Waals surface area contributed by atoms with Crippen LogP contribution < -0.4 is 10.6 Å². The maximum absolute atomic E-state index is 12.4. The summed E-state index contributed by atoms with van der Waals surface area (Å²) < 4.78 is 0. The van der Waals surface area contributed by atoms with Gasteiger partial charge in [-0.05, 0) is 52.7 Å². The highest BCUT2D eigenvalue weighted by atomic mass is 16.1. The van der Waals surface area contributed by atoms with Gasteiger partial charge in [0.1, 0.15) is 0 Å². The number of aryl methyl sites for hydroxylation is 3. The van der Waals surface area contributed by atoms with Gasteiger partial charge in [-0.2, -0.15) is 0 Å². The number of aromatic nitrogens is 2. The fourth-order valence-corrected chi connectivity index (χ4v) is 2.41. The predicted molar refractivity (Wildman–Crippen MR) is 94.0 cm³/mol. The Morgan fingerprint density at radius 2 is 1.52 bits per heavy atom. The number of nitrogens with one attached hydrogen (secondary N) is 2. The minimum Gasteiger partial charge on any atom is -0.350 e. The fraction of sp³-hybridized carbons (Fsp3) is 0.389. The zero-order valence-electron chi connectivity index (χ0n) is 14.6. The number of amides is 1. The van der Waals surface area contributed by atoms with E-state index < -0.39 is 0 Å².